The van der Waals surface area contributed by atoms with Crippen molar-refractivity contribution in [3.05, 3.63) is 60.2 Å². The monoisotopic (exact) mass is 232 g/mol. The molecule has 2 nitrogen and oxygen atoms in total. The summed E-state index contributed by atoms with van der Waals surface area (Å²) in [6, 6.07) is 15.4. The molecule has 0 unspecified atom stereocenters. The second-order valence-corrected chi connectivity index (χ2v) is 5.58. The average Bonchev–Trinajstić information content (AvgIpc) is 2.30. The molecule has 2 rings (SSSR count). The van der Waals surface area contributed by atoms with E-state index in [9.17, 15) is 8.42 Å². The molecule has 2 aromatic carbocycles. The highest BCUT2D eigenvalue weighted by Gasteiger charge is 2.16. The summed E-state index contributed by atoms with van der Waals surface area (Å²) < 4.78 is 24.4. The zero-order chi connectivity index (χ0) is 11.6. The van der Waals surface area contributed by atoms with Crippen LogP contribution in [-0.2, 0) is 9.84 Å². The van der Waals surface area contributed by atoms with Gasteiger partial charge >= 0.3 is 0 Å². The summed E-state index contributed by atoms with van der Waals surface area (Å²) in [7, 11) is -3.36. The van der Waals surface area contributed by atoms with Crippen LogP contribution in [0.1, 0.15) is 5.56 Å². The number of benzene rings is 2. The first-order valence-corrected chi connectivity index (χ1v) is 6.46. The fourth-order valence-electron chi connectivity index (χ4n) is 1.52. The van der Waals surface area contributed by atoms with Gasteiger partial charge in [0.2, 0.25) is 9.84 Å². The number of rotatable bonds is 2. The van der Waals surface area contributed by atoms with Crippen LogP contribution in [0, 0.1) is 6.92 Å². The van der Waals surface area contributed by atoms with Gasteiger partial charge in [0.15, 0.2) is 0 Å². The Hall–Kier alpha value is -1.61. The first-order valence-electron chi connectivity index (χ1n) is 4.97. The van der Waals surface area contributed by atoms with Crippen molar-refractivity contribution in [2.24, 2.45) is 0 Å². The van der Waals surface area contributed by atoms with Crippen LogP contribution in [0.4, 0.5) is 0 Å². The van der Waals surface area contributed by atoms with E-state index >= 15 is 0 Å². The predicted octanol–water partition coefficient (Wildman–Crippen LogP) is 2.83. The fraction of sp³-hybridized carbons (Fsp3) is 0.0769. The van der Waals surface area contributed by atoms with E-state index in [1.165, 1.54) is 0 Å². The highest BCUT2D eigenvalue weighted by Crippen LogP contribution is 2.20. The van der Waals surface area contributed by atoms with Crippen molar-refractivity contribution in [3.63, 3.8) is 0 Å². The molecule has 0 saturated heterocycles. The highest BCUT2D eigenvalue weighted by atomic mass is 32.2. The summed E-state index contributed by atoms with van der Waals surface area (Å²) >= 11 is 0. The van der Waals surface area contributed by atoms with Crippen molar-refractivity contribution in [1.29, 1.82) is 0 Å². The topological polar surface area (TPSA) is 34.1 Å². The maximum Gasteiger partial charge on any atom is 0.206 e. The zero-order valence-corrected chi connectivity index (χ0v) is 9.74. The molecule has 0 atom stereocenters. The van der Waals surface area contributed by atoms with Crippen LogP contribution in [0.5, 0.6) is 0 Å². The second-order valence-electron chi connectivity index (χ2n) is 3.63. The minimum absolute atomic E-state index is 0.334. The molecule has 0 saturated carbocycles. The van der Waals surface area contributed by atoms with E-state index < -0.39 is 9.84 Å². The van der Waals surface area contributed by atoms with Gasteiger partial charge in [-0.15, -0.1) is 0 Å². The van der Waals surface area contributed by atoms with Crippen LogP contribution < -0.4 is 0 Å². The Morgan fingerprint density at radius 2 is 1.44 bits per heavy atom. The molecule has 2 aromatic rings. The molecule has 0 bridgehead atoms. The minimum Gasteiger partial charge on any atom is -0.219 e. The molecular weight excluding hydrogens is 220 g/mol. The Bertz CT molecular complexity index is 586. The molecule has 0 aliphatic rings. The normalized spacial score (nSPS) is 11.3. The van der Waals surface area contributed by atoms with Crippen LogP contribution in [0.3, 0.4) is 0 Å². The highest BCUT2D eigenvalue weighted by molar-refractivity contribution is 7.91. The van der Waals surface area contributed by atoms with Gasteiger partial charge in [-0.25, -0.2) is 8.42 Å². The summed E-state index contributed by atoms with van der Waals surface area (Å²) in [4.78, 5) is 0.680. The molecule has 0 amide bonds. The number of hydrogen-bond donors (Lipinski definition) is 0. The molecule has 0 heterocycles. The van der Waals surface area contributed by atoms with Crippen molar-refractivity contribution < 1.29 is 8.42 Å². The number of sulfone groups is 1. The standard InChI is InChI=1S/C13H12O2S/c1-11-6-5-9-13(10-11)16(14,15)12-7-3-2-4-8-12/h2-10H,1H3. The van der Waals surface area contributed by atoms with Crippen LogP contribution in [0.2, 0.25) is 0 Å². The van der Waals surface area contributed by atoms with Crippen LogP contribution in [0.15, 0.2) is 64.4 Å². The number of hydrogen-bond acceptors (Lipinski definition) is 2. The quantitative estimate of drug-likeness (QED) is 0.798. The molecule has 0 radical (unpaired) electrons. The average molecular weight is 232 g/mol. The van der Waals surface area contributed by atoms with Gasteiger partial charge in [-0.05, 0) is 36.8 Å². The third-order valence-corrected chi connectivity index (χ3v) is 4.12. The lowest BCUT2D eigenvalue weighted by Crippen LogP contribution is -2.01. The molecule has 3 heteroatoms. The molecule has 0 spiro atoms. The van der Waals surface area contributed by atoms with Crippen LogP contribution in [-0.4, -0.2) is 8.42 Å². The van der Waals surface area contributed by atoms with E-state index in [1.807, 2.05) is 13.0 Å². The SMILES string of the molecule is Cc1cccc(S(=O)(=O)c2ccccc2)c1. The van der Waals surface area contributed by atoms with Gasteiger partial charge in [-0.3, -0.25) is 0 Å². The first kappa shape index (κ1) is 10.9. The van der Waals surface area contributed by atoms with Gasteiger partial charge in [0.1, 0.15) is 0 Å². The van der Waals surface area contributed by atoms with Gasteiger partial charge in [0, 0.05) is 0 Å². The molecule has 82 valence electrons. The smallest absolute Gasteiger partial charge is 0.206 e. The molecule has 16 heavy (non-hydrogen) atoms. The zero-order valence-electron chi connectivity index (χ0n) is 8.92. The molecule has 0 aliphatic carbocycles. The summed E-state index contributed by atoms with van der Waals surface area (Å²) in [5.74, 6) is 0. The summed E-state index contributed by atoms with van der Waals surface area (Å²) in [6.45, 7) is 1.88. The maximum absolute atomic E-state index is 12.2. The Morgan fingerprint density at radius 1 is 0.812 bits per heavy atom. The lowest BCUT2D eigenvalue weighted by molar-refractivity contribution is 0.596. The van der Waals surface area contributed by atoms with E-state index in [0.29, 0.717) is 9.79 Å². The summed E-state index contributed by atoms with van der Waals surface area (Å²) in [5, 5.41) is 0. The lowest BCUT2D eigenvalue weighted by Gasteiger charge is -2.04. The third-order valence-electron chi connectivity index (χ3n) is 2.35. The molecule has 0 N–H and O–H groups in total. The van der Waals surface area contributed by atoms with E-state index in [2.05, 4.69) is 0 Å². The Labute approximate surface area is 95.5 Å². The Morgan fingerprint density at radius 3 is 2.06 bits per heavy atom. The van der Waals surface area contributed by atoms with Gasteiger partial charge in [0.25, 0.3) is 0 Å². The Kier molecular flexibility index (Phi) is 2.79. The molecule has 0 aromatic heterocycles. The fourth-order valence-corrected chi connectivity index (χ4v) is 2.90. The van der Waals surface area contributed by atoms with Crippen molar-refractivity contribution in [2.45, 2.75) is 16.7 Å². The van der Waals surface area contributed by atoms with Crippen molar-refractivity contribution in [2.75, 3.05) is 0 Å². The summed E-state index contributed by atoms with van der Waals surface area (Å²) in [6.07, 6.45) is 0. The molecular formula is C13H12O2S. The molecule has 0 fully saturated rings. The third kappa shape index (κ3) is 1.99. The largest absolute Gasteiger partial charge is 0.219 e. The Balaban J connectivity index is 2.56. The summed E-state index contributed by atoms with van der Waals surface area (Å²) in [5.41, 5.74) is 0.942. The van der Waals surface area contributed by atoms with E-state index in [-0.39, 0.29) is 0 Å². The van der Waals surface area contributed by atoms with Crippen molar-refractivity contribution in [3.8, 4) is 0 Å². The van der Waals surface area contributed by atoms with Gasteiger partial charge in [-0.2, -0.15) is 0 Å². The van der Waals surface area contributed by atoms with E-state index in [4.69, 9.17) is 0 Å². The van der Waals surface area contributed by atoms with Gasteiger partial charge < -0.3 is 0 Å². The van der Waals surface area contributed by atoms with Gasteiger partial charge in [0.05, 0.1) is 9.79 Å². The van der Waals surface area contributed by atoms with E-state index in [0.717, 1.165) is 5.56 Å². The van der Waals surface area contributed by atoms with E-state index in [1.54, 1.807) is 48.5 Å². The predicted molar refractivity (Wildman–Crippen MR) is 63.1 cm³/mol. The van der Waals surface area contributed by atoms with Crippen LogP contribution >= 0.6 is 0 Å². The first-order chi connectivity index (χ1) is 7.60. The van der Waals surface area contributed by atoms with Crippen molar-refractivity contribution in [1.82, 2.24) is 0 Å². The number of aryl methyl sites for hydroxylation is 1. The van der Waals surface area contributed by atoms with Gasteiger partial charge in [-0.1, -0.05) is 30.3 Å². The maximum atomic E-state index is 12.2. The minimum atomic E-state index is -3.36. The second kappa shape index (κ2) is 4.10. The van der Waals surface area contributed by atoms with Crippen LogP contribution in [0.25, 0.3) is 0 Å². The van der Waals surface area contributed by atoms with Crippen molar-refractivity contribution >= 4 is 9.84 Å². The molecule has 0 aliphatic heterocycles. The lowest BCUT2D eigenvalue weighted by atomic mass is 10.2.